The minimum atomic E-state index is -0.543. The Morgan fingerprint density at radius 3 is 2.17 bits per heavy atom. The zero-order valence-corrected chi connectivity index (χ0v) is 16.1. The molecular formula is C24H21NO4. The molecule has 0 aliphatic rings. The van der Waals surface area contributed by atoms with E-state index in [4.69, 9.17) is 4.74 Å². The number of hydrogen-bond donors (Lipinski definition) is 1. The first kappa shape index (κ1) is 20.0. The van der Waals surface area contributed by atoms with E-state index < -0.39 is 18.5 Å². The van der Waals surface area contributed by atoms with E-state index in [1.807, 2.05) is 42.5 Å². The number of nitrogens with one attached hydrogen (secondary N) is 1. The van der Waals surface area contributed by atoms with Gasteiger partial charge in [-0.15, -0.1) is 0 Å². The van der Waals surface area contributed by atoms with Crippen molar-refractivity contribution < 1.29 is 19.1 Å². The Balaban J connectivity index is 1.59. The van der Waals surface area contributed by atoms with Crippen molar-refractivity contribution in [2.24, 2.45) is 0 Å². The lowest BCUT2D eigenvalue weighted by atomic mass is 10.00. The Morgan fingerprint density at radius 1 is 0.828 bits per heavy atom. The van der Waals surface area contributed by atoms with Crippen molar-refractivity contribution in [3.63, 3.8) is 0 Å². The maximum absolute atomic E-state index is 12.5. The molecule has 5 heteroatoms. The van der Waals surface area contributed by atoms with Crippen LogP contribution in [0.3, 0.4) is 0 Å². The summed E-state index contributed by atoms with van der Waals surface area (Å²) in [7, 11) is 0. The van der Waals surface area contributed by atoms with Crippen LogP contribution in [0.15, 0.2) is 78.9 Å². The first-order valence-corrected chi connectivity index (χ1v) is 9.23. The van der Waals surface area contributed by atoms with Gasteiger partial charge in [0.15, 0.2) is 12.4 Å². The number of esters is 1. The fraction of sp³-hybridized carbons (Fsp3) is 0.125. The molecule has 0 saturated carbocycles. The molecule has 1 amide bonds. The molecule has 0 atom stereocenters. The Kier molecular flexibility index (Phi) is 6.53. The quantitative estimate of drug-likeness (QED) is 0.485. The number of rotatable bonds is 7. The Bertz CT molecular complexity index is 1010. The van der Waals surface area contributed by atoms with Crippen LogP contribution in [0.25, 0.3) is 0 Å². The summed E-state index contributed by atoms with van der Waals surface area (Å²) in [6, 6.07) is 23.5. The lowest BCUT2D eigenvalue weighted by Crippen LogP contribution is -2.21. The molecule has 0 aliphatic carbocycles. The van der Waals surface area contributed by atoms with Crippen LogP contribution in [0.5, 0.6) is 0 Å². The molecule has 3 aromatic carbocycles. The molecule has 0 aliphatic heterocycles. The minimum absolute atomic E-state index is 0.0500. The summed E-state index contributed by atoms with van der Waals surface area (Å²) in [5.41, 5.74) is 3.45. The Hall–Kier alpha value is -3.73. The molecule has 1 N–H and O–H groups in total. The molecule has 0 fully saturated rings. The summed E-state index contributed by atoms with van der Waals surface area (Å²) in [5.74, 6) is -1.04. The summed E-state index contributed by atoms with van der Waals surface area (Å²) in [4.78, 5) is 35.9. The third-order valence-corrected chi connectivity index (χ3v) is 4.38. The SMILES string of the molecule is CC(=O)c1ccc(NC(=O)COC(=O)c2ccccc2Cc2ccccc2)cc1. The number of carbonyl (C=O) groups is 3. The van der Waals surface area contributed by atoms with E-state index in [0.717, 1.165) is 11.1 Å². The van der Waals surface area contributed by atoms with Crippen molar-refractivity contribution in [2.75, 3.05) is 11.9 Å². The van der Waals surface area contributed by atoms with Crippen LogP contribution in [-0.4, -0.2) is 24.3 Å². The predicted molar refractivity (Wildman–Crippen MR) is 111 cm³/mol. The van der Waals surface area contributed by atoms with Crippen molar-refractivity contribution in [2.45, 2.75) is 13.3 Å². The number of amides is 1. The number of ether oxygens (including phenoxy) is 1. The molecule has 0 bridgehead atoms. The highest BCUT2D eigenvalue weighted by Gasteiger charge is 2.14. The van der Waals surface area contributed by atoms with Crippen LogP contribution >= 0.6 is 0 Å². The van der Waals surface area contributed by atoms with Crippen molar-refractivity contribution in [1.29, 1.82) is 0 Å². The number of anilines is 1. The standard InChI is InChI=1S/C24H21NO4/c1-17(26)19-11-13-21(14-12-19)25-23(27)16-29-24(28)22-10-6-5-9-20(22)15-18-7-3-2-4-8-18/h2-14H,15-16H2,1H3,(H,25,27). The number of hydrogen-bond acceptors (Lipinski definition) is 4. The molecule has 0 aromatic heterocycles. The van der Waals surface area contributed by atoms with Gasteiger partial charge < -0.3 is 10.1 Å². The summed E-state index contributed by atoms with van der Waals surface area (Å²) in [6.07, 6.45) is 0.598. The summed E-state index contributed by atoms with van der Waals surface area (Å²) in [6.45, 7) is 1.08. The van der Waals surface area contributed by atoms with Crippen molar-refractivity contribution in [3.05, 3.63) is 101 Å². The van der Waals surface area contributed by atoms with Gasteiger partial charge in [-0.2, -0.15) is 0 Å². The van der Waals surface area contributed by atoms with Gasteiger partial charge in [0.1, 0.15) is 0 Å². The van der Waals surface area contributed by atoms with Crippen LogP contribution in [0.4, 0.5) is 5.69 Å². The first-order valence-electron chi connectivity index (χ1n) is 9.23. The molecule has 0 saturated heterocycles. The number of ketones is 1. The highest BCUT2D eigenvalue weighted by atomic mass is 16.5. The molecule has 3 aromatic rings. The van der Waals surface area contributed by atoms with E-state index in [2.05, 4.69) is 5.32 Å². The lowest BCUT2D eigenvalue weighted by molar-refractivity contribution is -0.119. The summed E-state index contributed by atoms with van der Waals surface area (Å²) in [5, 5.41) is 2.64. The summed E-state index contributed by atoms with van der Waals surface area (Å²) >= 11 is 0. The van der Waals surface area contributed by atoms with E-state index in [1.54, 1.807) is 36.4 Å². The monoisotopic (exact) mass is 387 g/mol. The highest BCUT2D eigenvalue weighted by molar-refractivity contribution is 5.97. The Morgan fingerprint density at radius 2 is 1.48 bits per heavy atom. The third kappa shape index (κ3) is 5.62. The van der Waals surface area contributed by atoms with Crippen LogP contribution in [0.2, 0.25) is 0 Å². The molecule has 0 radical (unpaired) electrons. The third-order valence-electron chi connectivity index (χ3n) is 4.38. The second-order valence-corrected chi connectivity index (χ2v) is 6.58. The van der Waals surface area contributed by atoms with Gasteiger partial charge in [-0.05, 0) is 54.8 Å². The van der Waals surface area contributed by atoms with Gasteiger partial charge in [0, 0.05) is 11.3 Å². The van der Waals surface area contributed by atoms with Gasteiger partial charge in [-0.3, -0.25) is 9.59 Å². The molecule has 0 spiro atoms. The van der Waals surface area contributed by atoms with E-state index in [-0.39, 0.29) is 5.78 Å². The highest BCUT2D eigenvalue weighted by Crippen LogP contribution is 2.16. The fourth-order valence-corrected chi connectivity index (χ4v) is 2.88. The van der Waals surface area contributed by atoms with Gasteiger partial charge in [-0.25, -0.2) is 4.79 Å². The molecule has 3 rings (SSSR count). The van der Waals surface area contributed by atoms with Crippen LogP contribution < -0.4 is 5.32 Å². The largest absolute Gasteiger partial charge is 0.452 e. The zero-order valence-electron chi connectivity index (χ0n) is 16.1. The minimum Gasteiger partial charge on any atom is -0.452 e. The second kappa shape index (κ2) is 9.46. The normalized spacial score (nSPS) is 10.2. The van der Waals surface area contributed by atoms with E-state index >= 15 is 0 Å². The van der Waals surface area contributed by atoms with Gasteiger partial charge in [-0.1, -0.05) is 48.5 Å². The first-order chi connectivity index (χ1) is 14.0. The summed E-state index contributed by atoms with van der Waals surface area (Å²) < 4.78 is 5.20. The van der Waals surface area contributed by atoms with Crippen LogP contribution in [0.1, 0.15) is 38.8 Å². The Labute approximate surface area is 169 Å². The molecule has 0 heterocycles. The number of carbonyl (C=O) groups excluding carboxylic acids is 3. The molecular weight excluding hydrogens is 366 g/mol. The predicted octanol–water partition coefficient (Wildman–Crippen LogP) is 4.28. The average Bonchev–Trinajstić information content (AvgIpc) is 2.73. The van der Waals surface area contributed by atoms with Crippen LogP contribution in [-0.2, 0) is 16.0 Å². The van der Waals surface area contributed by atoms with Crippen molar-refractivity contribution in [1.82, 2.24) is 0 Å². The number of Topliss-reactive ketones (excluding diaryl/α,β-unsaturated/α-hetero) is 1. The maximum atomic E-state index is 12.5. The van der Waals surface area contributed by atoms with Gasteiger partial charge in [0.25, 0.3) is 5.91 Å². The molecule has 5 nitrogen and oxygen atoms in total. The molecule has 29 heavy (non-hydrogen) atoms. The molecule has 146 valence electrons. The topological polar surface area (TPSA) is 72.5 Å². The second-order valence-electron chi connectivity index (χ2n) is 6.58. The van der Waals surface area contributed by atoms with Crippen molar-refractivity contribution >= 4 is 23.3 Å². The van der Waals surface area contributed by atoms with E-state index in [9.17, 15) is 14.4 Å². The van der Waals surface area contributed by atoms with Gasteiger partial charge >= 0.3 is 5.97 Å². The maximum Gasteiger partial charge on any atom is 0.338 e. The lowest BCUT2D eigenvalue weighted by Gasteiger charge is -2.10. The van der Waals surface area contributed by atoms with Crippen molar-refractivity contribution in [3.8, 4) is 0 Å². The molecule has 0 unspecified atom stereocenters. The van der Waals surface area contributed by atoms with E-state index in [1.165, 1.54) is 6.92 Å². The fourth-order valence-electron chi connectivity index (χ4n) is 2.88. The number of benzene rings is 3. The van der Waals surface area contributed by atoms with Gasteiger partial charge in [0.05, 0.1) is 5.56 Å². The van der Waals surface area contributed by atoms with Crippen LogP contribution in [0, 0.1) is 0 Å². The zero-order chi connectivity index (χ0) is 20.6. The van der Waals surface area contributed by atoms with E-state index in [0.29, 0.717) is 23.2 Å². The van der Waals surface area contributed by atoms with Gasteiger partial charge in [0.2, 0.25) is 0 Å². The smallest absolute Gasteiger partial charge is 0.338 e. The average molecular weight is 387 g/mol.